The van der Waals surface area contributed by atoms with Gasteiger partial charge in [-0.3, -0.25) is 0 Å². The summed E-state index contributed by atoms with van der Waals surface area (Å²) in [7, 11) is 0.249. The van der Waals surface area contributed by atoms with Crippen LogP contribution in [0.2, 0.25) is 12.6 Å². The molecular weight excluding hydrogens is 188 g/mol. The van der Waals surface area contributed by atoms with Gasteiger partial charge in [-0.15, -0.1) is 0 Å². The second-order valence-electron chi connectivity index (χ2n) is 3.15. The summed E-state index contributed by atoms with van der Waals surface area (Å²) in [6.45, 7) is 4.45. The van der Waals surface area contributed by atoms with Crippen LogP contribution in [0.5, 0.6) is 0 Å². The average molecular weight is 212 g/mol. The summed E-state index contributed by atoms with van der Waals surface area (Å²) in [5, 5.41) is 1.38. The van der Waals surface area contributed by atoms with Crippen molar-refractivity contribution < 1.29 is 4.43 Å². The molecule has 2 heteroatoms. The minimum absolute atomic E-state index is 0. The van der Waals surface area contributed by atoms with Gasteiger partial charge in [0.05, 0.1) is 0 Å². The zero-order valence-electron chi connectivity index (χ0n) is 8.00. The molecule has 1 rings (SSSR count). The molecule has 0 aliphatic carbocycles. The summed E-state index contributed by atoms with van der Waals surface area (Å²) < 4.78 is 5.61. The van der Waals surface area contributed by atoms with Crippen LogP contribution in [0.15, 0.2) is 30.3 Å². The molecule has 0 aliphatic rings. The van der Waals surface area contributed by atoms with Crippen LogP contribution in [0.25, 0.3) is 0 Å². The highest BCUT2D eigenvalue weighted by atomic mass is 28.4. The predicted molar refractivity (Wildman–Crippen MR) is 68.6 cm³/mol. The van der Waals surface area contributed by atoms with Gasteiger partial charge in [-0.05, 0) is 17.8 Å². The van der Waals surface area contributed by atoms with E-state index in [0.717, 1.165) is 6.04 Å². The maximum Gasteiger partial charge on any atom is 0.220 e. The van der Waals surface area contributed by atoms with Gasteiger partial charge in [-0.2, -0.15) is 0 Å². The van der Waals surface area contributed by atoms with Crippen molar-refractivity contribution in [3.63, 3.8) is 0 Å². The summed E-state index contributed by atoms with van der Waals surface area (Å²) in [6, 6.07) is 11.7. The lowest BCUT2D eigenvalue weighted by atomic mass is 10.4. The predicted octanol–water partition coefficient (Wildman–Crippen LogP) is 3.41. The van der Waals surface area contributed by atoms with E-state index in [1.54, 1.807) is 0 Å². The first-order chi connectivity index (χ1) is 5.73. The van der Waals surface area contributed by atoms with Crippen molar-refractivity contribution in [2.24, 2.45) is 0 Å². The molecule has 0 saturated heterocycles. The van der Waals surface area contributed by atoms with Crippen LogP contribution in [0.1, 0.15) is 21.8 Å². The summed E-state index contributed by atoms with van der Waals surface area (Å²) >= 11 is 0. The lowest BCUT2D eigenvalue weighted by molar-refractivity contribution is 0.411. The van der Waals surface area contributed by atoms with Crippen molar-refractivity contribution in [2.45, 2.75) is 34.4 Å². The Hall–Kier alpha value is -0.603. The number of benzene rings is 1. The summed E-state index contributed by atoms with van der Waals surface area (Å²) in [6.07, 6.45) is 0. The van der Waals surface area contributed by atoms with Crippen molar-refractivity contribution in [2.75, 3.05) is 7.11 Å². The Morgan fingerprint density at radius 1 is 1.14 bits per heavy atom. The molecule has 0 aliphatic heterocycles. The molecular formula is C12H24OSi. The van der Waals surface area contributed by atoms with Gasteiger partial charge >= 0.3 is 0 Å². The largest absolute Gasteiger partial charge is 0.416 e. The van der Waals surface area contributed by atoms with Crippen molar-refractivity contribution in [1.29, 1.82) is 0 Å². The molecule has 1 aromatic rings. The second-order valence-corrected chi connectivity index (χ2v) is 7.31. The first-order valence-corrected chi connectivity index (χ1v) is 6.95. The minimum atomic E-state index is -1.57. The van der Waals surface area contributed by atoms with Crippen LogP contribution in [0, 0.1) is 0 Å². The Kier molecular flexibility index (Phi) is 7.69. The van der Waals surface area contributed by atoms with E-state index in [-0.39, 0.29) is 14.9 Å². The number of rotatable bonds is 3. The maximum atomic E-state index is 5.61. The fourth-order valence-electron chi connectivity index (χ4n) is 1.26. The third-order valence-electron chi connectivity index (χ3n) is 2.51. The quantitative estimate of drug-likeness (QED) is 0.698. The normalized spacial score (nSPS) is 13.4. The van der Waals surface area contributed by atoms with E-state index in [1.807, 2.05) is 13.2 Å². The van der Waals surface area contributed by atoms with E-state index in [2.05, 4.69) is 37.7 Å². The van der Waals surface area contributed by atoms with Crippen molar-refractivity contribution in [3.05, 3.63) is 30.3 Å². The molecule has 0 spiro atoms. The second kappa shape index (κ2) is 6.79. The SMILES string of the molecule is C.C.CC[Si](C)(OC)c1ccccc1. The number of hydrogen-bond acceptors (Lipinski definition) is 1. The molecule has 1 atom stereocenters. The van der Waals surface area contributed by atoms with E-state index < -0.39 is 8.32 Å². The molecule has 0 heterocycles. The molecule has 1 unspecified atom stereocenters. The highest BCUT2D eigenvalue weighted by Crippen LogP contribution is 2.09. The highest BCUT2D eigenvalue weighted by Gasteiger charge is 2.27. The third kappa shape index (κ3) is 3.27. The Balaban J connectivity index is 0. The molecule has 0 fully saturated rings. The van der Waals surface area contributed by atoms with E-state index in [0.29, 0.717) is 0 Å². The Morgan fingerprint density at radius 2 is 1.64 bits per heavy atom. The van der Waals surface area contributed by atoms with Crippen molar-refractivity contribution in [1.82, 2.24) is 0 Å². The first-order valence-electron chi connectivity index (χ1n) is 4.33. The van der Waals surface area contributed by atoms with E-state index in [1.165, 1.54) is 5.19 Å². The molecule has 0 aromatic heterocycles. The Labute approximate surface area is 90.3 Å². The van der Waals surface area contributed by atoms with Gasteiger partial charge in [0, 0.05) is 7.11 Å². The van der Waals surface area contributed by atoms with Gasteiger partial charge in [-0.1, -0.05) is 52.1 Å². The Morgan fingerprint density at radius 3 is 2.00 bits per heavy atom. The van der Waals surface area contributed by atoms with Gasteiger partial charge in [0.15, 0.2) is 0 Å². The van der Waals surface area contributed by atoms with Gasteiger partial charge in [0.1, 0.15) is 0 Å². The van der Waals surface area contributed by atoms with Crippen LogP contribution in [0.4, 0.5) is 0 Å². The van der Waals surface area contributed by atoms with E-state index in [9.17, 15) is 0 Å². The lowest BCUT2D eigenvalue weighted by Gasteiger charge is -2.23. The maximum absolute atomic E-state index is 5.61. The zero-order chi connectivity index (χ0) is 9.03. The molecule has 0 N–H and O–H groups in total. The summed E-state index contributed by atoms with van der Waals surface area (Å²) in [4.78, 5) is 0. The van der Waals surface area contributed by atoms with Crippen LogP contribution in [-0.2, 0) is 4.43 Å². The van der Waals surface area contributed by atoms with E-state index in [4.69, 9.17) is 4.43 Å². The molecule has 0 amide bonds. The van der Waals surface area contributed by atoms with Gasteiger partial charge < -0.3 is 4.43 Å². The first kappa shape index (κ1) is 15.9. The third-order valence-corrected chi connectivity index (χ3v) is 6.31. The highest BCUT2D eigenvalue weighted by molar-refractivity contribution is 6.85. The smallest absolute Gasteiger partial charge is 0.220 e. The van der Waals surface area contributed by atoms with Gasteiger partial charge in [0.25, 0.3) is 0 Å². The summed E-state index contributed by atoms with van der Waals surface area (Å²) in [5.74, 6) is 0. The molecule has 1 aromatic carbocycles. The molecule has 0 bridgehead atoms. The Bertz CT molecular complexity index is 229. The fraction of sp³-hybridized carbons (Fsp3) is 0.500. The molecule has 0 saturated carbocycles. The topological polar surface area (TPSA) is 9.23 Å². The molecule has 14 heavy (non-hydrogen) atoms. The molecule has 1 nitrogen and oxygen atoms in total. The molecule has 0 radical (unpaired) electrons. The standard InChI is InChI=1S/C10H16OSi.2CH4/c1-4-12(3,11-2)10-8-6-5-7-9-10;;/h5-9H,4H2,1-3H3;2*1H4. The molecule has 82 valence electrons. The van der Waals surface area contributed by atoms with E-state index >= 15 is 0 Å². The average Bonchev–Trinajstić information content (AvgIpc) is 2.18. The fourth-order valence-corrected chi connectivity index (χ4v) is 3.09. The van der Waals surface area contributed by atoms with Crippen LogP contribution >= 0.6 is 0 Å². The monoisotopic (exact) mass is 212 g/mol. The minimum Gasteiger partial charge on any atom is -0.416 e. The van der Waals surface area contributed by atoms with Gasteiger partial charge in [-0.25, -0.2) is 0 Å². The summed E-state index contributed by atoms with van der Waals surface area (Å²) in [5.41, 5.74) is 0. The number of hydrogen-bond donors (Lipinski definition) is 0. The zero-order valence-corrected chi connectivity index (χ0v) is 9.00. The van der Waals surface area contributed by atoms with Crippen molar-refractivity contribution in [3.8, 4) is 0 Å². The van der Waals surface area contributed by atoms with Crippen LogP contribution in [-0.4, -0.2) is 15.4 Å². The van der Waals surface area contributed by atoms with Gasteiger partial charge in [0.2, 0.25) is 8.32 Å². The lowest BCUT2D eigenvalue weighted by Crippen LogP contribution is -2.46. The van der Waals surface area contributed by atoms with Crippen molar-refractivity contribution >= 4 is 13.5 Å². The van der Waals surface area contributed by atoms with Crippen LogP contribution < -0.4 is 5.19 Å². The van der Waals surface area contributed by atoms with Crippen LogP contribution in [0.3, 0.4) is 0 Å².